The zero-order valence-corrected chi connectivity index (χ0v) is 26.6. The summed E-state index contributed by atoms with van der Waals surface area (Å²) in [5.41, 5.74) is 11.1. The van der Waals surface area contributed by atoms with Gasteiger partial charge in [0.15, 0.2) is 0 Å². The SMILES string of the molecule is CCC1(Cn2c3c(c4ccccc42)C=C(c2cccc4c5c(n(CC6(CC)COC6)c24)C=CC(C)C=C5)C=CC3C)COC1. The number of fused-ring (bicyclic) bond motifs is 6. The third-order valence-electron chi connectivity index (χ3n) is 11.1. The van der Waals surface area contributed by atoms with E-state index in [-0.39, 0.29) is 10.8 Å². The molecule has 0 N–H and O–H groups in total. The number of aromatic nitrogens is 2. The van der Waals surface area contributed by atoms with Crippen molar-refractivity contribution in [2.75, 3.05) is 26.4 Å². The first-order valence-electron chi connectivity index (χ1n) is 16.6. The van der Waals surface area contributed by atoms with Crippen LogP contribution in [-0.2, 0) is 22.6 Å². The molecule has 2 aliphatic carbocycles. The molecule has 8 rings (SSSR count). The van der Waals surface area contributed by atoms with Crippen LogP contribution in [0.25, 0.3) is 45.6 Å². The second kappa shape index (κ2) is 10.5. The minimum absolute atomic E-state index is 0.186. The van der Waals surface area contributed by atoms with Gasteiger partial charge in [-0.05, 0) is 42.6 Å². The molecule has 2 saturated heterocycles. The second-order valence-corrected chi connectivity index (χ2v) is 14.0. The summed E-state index contributed by atoms with van der Waals surface area (Å²) < 4.78 is 16.8. The molecule has 0 amide bonds. The van der Waals surface area contributed by atoms with E-state index in [0.29, 0.717) is 11.8 Å². The highest BCUT2D eigenvalue weighted by atomic mass is 16.5. The van der Waals surface area contributed by atoms with Gasteiger partial charge in [0.1, 0.15) is 0 Å². The van der Waals surface area contributed by atoms with E-state index in [0.717, 1.165) is 52.4 Å². The first-order chi connectivity index (χ1) is 21.4. The maximum atomic E-state index is 5.81. The van der Waals surface area contributed by atoms with Crippen LogP contribution in [0.1, 0.15) is 74.5 Å². The maximum absolute atomic E-state index is 5.81. The largest absolute Gasteiger partial charge is 0.380 e. The average Bonchev–Trinajstić information content (AvgIpc) is 3.29. The van der Waals surface area contributed by atoms with Gasteiger partial charge in [-0.15, -0.1) is 0 Å². The van der Waals surface area contributed by atoms with Gasteiger partial charge in [-0.2, -0.15) is 0 Å². The van der Waals surface area contributed by atoms with Crippen molar-refractivity contribution in [3.63, 3.8) is 0 Å². The highest BCUT2D eigenvalue weighted by Crippen LogP contribution is 2.44. The van der Waals surface area contributed by atoms with Gasteiger partial charge in [0.25, 0.3) is 0 Å². The fraction of sp³-hybridized carbons (Fsp3) is 0.400. The van der Waals surface area contributed by atoms with Crippen molar-refractivity contribution in [3.8, 4) is 0 Å². The molecule has 4 nitrogen and oxygen atoms in total. The van der Waals surface area contributed by atoms with Gasteiger partial charge in [-0.1, -0.05) is 94.5 Å². The Bertz CT molecular complexity index is 1870. The first kappa shape index (κ1) is 27.9. The zero-order valence-electron chi connectivity index (χ0n) is 26.6. The van der Waals surface area contributed by atoms with Gasteiger partial charge in [-0.25, -0.2) is 0 Å². The lowest BCUT2D eigenvalue weighted by atomic mass is 9.83. The number of benzene rings is 2. The highest BCUT2D eigenvalue weighted by Gasteiger charge is 2.40. The number of hydrogen-bond acceptors (Lipinski definition) is 2. The van der Waals surface area contributed by atoms with Gasteiger partial charge in [-0.3, -0.25) is 0 Å². The molecule has 0 saturated carbocycles. The summed E-state index contributed by atoms with van der Waals surface area (Å²) in [5.74, 6) is 0.718. The Kier molecular flexibility index (Phi) is 6.66. The summed E-state index contributed by atoms with van der Waals surface area (Å²) in [4.78, 5) is 0. The molecule has 0 bridgehead atoms. The normalized spacial score (nSPS) is 23.0. The summed E-state index contributed by atoms with van der Waals surface area (Å²) in [6, 6.07) is 15.9. The van der Waals surface area contributed by atoms with Crippen LogP contribution in [0.5, 0.6) is 0 Å². The van der Waals surface area contributed by atoms with Crippen LogP contribution < -0.4 is 0 Å². The predicted octanol–water partition coefficient (Wildman–Crippen LogP) is 9.34. The molecule has 2 aliphatic heterocycles. The van der Waals surface area contributed by atoms with Crippen LogP contribution in [-0.4, -0.2) is 35.6 Å². The van der Waals surface area contributed by atoms with Crippen LogP contribution in [0.15, 0.2) is 66.8 Å². The average molecular weight is 585 g/mol. The number of allylic oxidation sites excluding steroid dienone is 5. The number of nitrogens with zero attached hydrogens (tertiary/aromatic N) is 2. The van der Waals surface area contributed by atoms with E-state index in [1.807, 2.05) is 0 Å². The summed E-state index contributed by atoms with van der Waals surface area (Å²) in [6.45, 7) is 14.6. The number of para-hydroxylation sites is 2. The molecular weight excluding hydrogens is 540 g/mol. The van der Waals surface area contributed by atoms with Gasteiger partial charge in [0, 0.05) is 74.2 Å². The van der Waals surface area contributed by atoms with Gasteiger partial charge < -0.3 is 18.6 Å². The molecule has 226 valence electrons. The zero-order chi connectivity index (χ0) is 30.1. The molecule has 0 radical (unpaired) electrons. The van der Waals surface area contributed by atoms with E-state index in [1.54, 1.807) is 0 Å². The Hall–Kier alpha value is -3.60. The van der Waals surface area contributed by atoms with Gasteiger partial charge in [0.05, 0.1) is 31.9 Å². The summed E-state index contributed by atoms with van der Waals surface area (Å²) in [6.07, 6.45) is 19.0. The van der Waals surface area contributed by atoms with Gasteiger partial charge in [0.2, 0.25) is 0 Å². The van der Waals surface area contributed by atoms with E-state index < -0.39 is 0 Å². The fourth-order valence-electron chi connectivity index (χ4n) is 7.90. The van der Waals surface area contributed by atoms with E-state index in [1.165, 1.54) is 55.5 Å². The van der Waals surface area contributed by atoms with Crippen LogP contribution in [0, 0.1) is 16.7 Å². The molecular formula is C40H44N2O2. The minimum atomic E-state index is 0.186. The topological polar surface area (TPSA) is 28.3 Å². The Labute approximate surface area is 261 Å². The predicted molar refractivity (Wildman–Crippen MR) is 184 cm³/mol. The number of ether oxygens (including phenoxy) is 2. The standard InChI is InChI=1S/C40H44N2O2/c1-5-39(23-43-24-39)21-41-35-13-8-7-10-31(35)34-20-29(17-16-28(4)37(34)41)30-11-9-12-33-32-18-14-27(3)15-19-36(32)42(38(30)33)22-40(6-2)25-44-26-40/h7-20,27-28H,5-6,21-26H2,1-4H3. The van der Waals surface area contributed by atoms with Crippen molar-refractivity contribution in [2.24, 2.45) is 16.7 Å². The lowest BCUT2D eigenvalue weighted by Gasteiger charge is -2.42. The quantitative estimate of drug-likeness (QED) is 0.217. The number of rotatable bonds is 7. The monoisotopic (exact) mass is 584 g/mol. The van der Waals surface area contributed by atoms with Crippen molar-refractivity contribution < 1.29 is 9.47 Å². The lowest BCUT2D eigenvalue weighted by molar-refractivity contribution is -0.123. The molecule has 2 aromatic heterocycles. The van der Waals surface area contributed by atoms with Crippen molar-refractivity contribution in [1.82, 2.24) is 9.13 Å². The molecule has 2 unspecified atom stereocenters. The van der Waals surface area contributed by atoms with Crippen molar-refractivity contribution in [1.29, 1.82) is 0 Å². The Morgan fingerprint density at radius 3 is 2.11 bits per heavy atom. The van der Waals surface area contributed by atoms with E-state index in [9.17, 15) is 0 Å². The Morgan fingerprint density at radius 2 is 1.41 bits per heavy atom. The first-order valence-corrected chi connectivity index (χ1v) is 16.6. The molecule has 44 heavy (non-hydrogen) atoms. The molecule has 4 heterocycles. The smallest absolute Gasteiger partial charge is 0.0571 e. The third-order valence-corrected chi connectivity index (χ3v) is 11.1. The number of hydrogen-bond donors (Lipinski definition) is 0. The van der Waals surface area contributed by atoms with E-state index in [4.69, 9.17) is 9.47 Å². The summed E-state index contributed by atoms with van der Waals surface area (Å²) in [5, 5.41) is 2.68. The van der Waals surface area contributed by atoms with Crippen molar-refractivity contribution >= 4 is 45.6 Å². The van der Waals surface area contributed by atoms with Crippen molar-refractivity contribution in [2.45, 2.75) is 59.5 Å². The van der Waals surface area contributed by atoms with Crippen LogP contribution in [0.3, 0.4) is 0 Å². The summed E-state index contributed by atoms with van der Waals surface area (Å²) >= 11 is 0. The van der Waals surface area contributed by atoms with Crippen molar-refractivity contribution in [3.05, 3.63) is 94.8 Å². The van der Waals surface area contributed by atoms with Crippen LogP contribution in [0.2, 0.25) is 0 Å². The maximum Gasteiger partial charge on any atom is 0.0571 e. The molecule has 4 aromatic rings. The highest BCUT2D eigenvalue weighted by molar-refractivity contribution is 6.07. The summed E-state index contributed by atoms with van der Waals surface area (Å²) in [7, 11) is 0. The minimum Gasteiger partial charge on any atom is -0.380 e. The Balaban J connectivity index is 1.35. The fourth-order valence-corrected chi connectivity index (χ4v) is 7.90. The second-order valence-electron chi connectivity index (χ2n) is 14.0. The van der Waals surface area contributed by atoms with E-state index in [2.05, 4.69) is 122 Å². The molecule has 2 aromatic carbocycles. The molecule has 4 heteroatoms. The molecule has 4 aliphatic rings. The van der Waals surface area contributed by atoms with Gasteiger partial charge >= 0.3 is 0 Å². The molecule has 2 atom stereocenters. The third kappa shape index (κ3) is 4.25. The van der Waals surface area contributed by atoms with Crippen LogP contribution >= 0.6 is 0 Å². The van der Waals surface area contributed by atoms with Crippen LogP contribution in [0.4, 0.5) is 0 Å². The lowest BCUT2D eigenvalue weighted by Crippen LogP contribution is -2.45. The Morgan fingerprint density at radius 1 is 0.727 bits per heavy atom. The molecule has 2 fully saturated rings. The van der Waals surface area contributed by atoms with E-state index >= 15 is 0 Å². The molecule has 0 spiro atoms.